The van der Waals surface area contributed by atoms with Gasteiger partial charge in [0.05, 0.1) is 4.91 Å². The summed E-state index contributed by atoms with van der Waals surface area (Å²) in [5.41, 5.74) is 2.28. The molecule has 0 spiro atoms. The maximum Gasteiger partial charge on any atom is 0.266 e. The number of benzene rings is 1. The van der Waals surface area contributed by atoms with Crippen LogP contribution in [0.3, 0.4) is 0 Å². The number of aliphatic hydroxyl groups is 1. The van der Waals surface area contributed by atoms with Crippen LogP contribution in [0.15, 0.2) is 29.2 Å². The molecule has 0 unspecified atom stereocenters. The van der Waals surface area contributed by atoms with Crippen molar-refractivity contribution < 1.29 is 9.90 Å². The van der Waals surface area contributed by atoms with E-state index in [1.165, 1.54) is 17.3 Å². The van der Waals surface area contributed by atoms with Crippen molar-refractivity contribution >= 4 is 40.3 Å². The molecule has 1 aromatic rings. The van der Waals surface area contributed by atoms with E-state index in [0.717, 1.165) is 5.56 Å². The molecule has 0 bridgehead atoms. The second-order valence-corrected chi connectivity index (χ2v) is 6.91. The minimum atomic E-state index is -0.0635. The van der Waals surface area contributed by atoms with E-state index in [1.807, 2.05) is 18.2 Å². The highest BCUT2D eigenvalue weighted by Crippen LogP contribution is 2.32. The van der Waals surface area contributed by atoms with Gasteiger partial charge in [-0.1, -0.05) is 62.1 Å². The quantitative estimate of drug-likeness (QED) is 0.666. The minimum Gasteiger partial charge on any atom is -0.396 e. The van der Waals surface area contributed by atoms with Crippen LogP contribution in [0.25, 0.3) is 6.08 Å². The smallest absolute Gasteiger partial charge is 0.266 e. The van der Waals surface area contributed by atoms with E-state index in [1.54, 1.807) is 4.90 Å². The van der Waals surface area contributed by atoms with E-state index >= 15 is 0 Å². The van der Waals surface area contributed by atoms with Crippen molar-refractivity contribution in [1.29, 1.82) is 0 Å². The molecule has 0 aromatic heterocycles. The van der Waals surface area contributed by atoms with Crippen LogP contribution in [0.4, 0.5) is 0 Å². The van der Waals surface area contributed by atoms with Crippen LogP contribution in [0.1, 0.15) is 37.3 Å². The summed E-state index contributed by atoms with van der Waals surface area (Å²) >= 11 is 6.55. The Kier molecular flexibility index (Phi) is 5.56. The van der Waals surface area contributed by atoms with Gasteiger partial charge < -0.3 is 5.11 Å². The first-order valence-electron chi connectivity index (χ1n) is 6.99. The van der Waals surface area contributed by atoms with Gasteiger partial charge in [-0.3, -0.25) is 9.69 Å². The Labute approximate surface area is 135 Å². The van der Waals surface area contributed by atoms with Crippen LogP contribution in [0.5, 0.6) is 0 Å². The van der Waals surface area contributed by atoms with Gasteiger partial charge >= 0.3 is 0 Å². The van der Waals surface area contributed by atoms with Crippen LogP contribution in [0, 0.1) is 0 Å². The summed E-state index contributed by atoms with van der Waals surface area (Å²) in [7, 11) is 0. The summed E-state index contributed by atoms with van der Waals surface area (Å²) in [5.74, 6) is 0.433. The number of amides is 1. The first kappa shape index (κ1) is 16.2. The normalized spacial score (nSPS) is 17.3. The molecule has 5 heteroatoms. The molecule has 1 aliphatic rings. The lowest BCUT2D eigenvalue weighted by molar-refractivity contribution is -0.122. The van der Waals surface area contributed by atoms with E-state index in [4.69, 9.17) is 17.3 Å². The molecule has 1 fully saturated rings. The Balaban J connectivity index is 2.14. The first-order valence-corrected chi connectivity index (χ1v) is 8.21. The SMILES string of the molecule is CC(C)c1ccc(/C=C2\SC(=S)N(CCCO)C2=O)cc1. The fraction of sp³-hybridized carbons (Fsp3) is 0.375. The van der Waals surface area contributed by atoms with Crippen molar-refractivity contribution in [2.24, 2.45) is 0 Å². The Bertz CT molecular complexity index is 564. The molecule has 21 heavy (non-hydrogen) atoms. The zero-order valence-corrected chi connectivity index (χ0v) is 13.8. The highest BCUT2D eigenvalue weighted by atomic mass is 32.2. The van der Waals surface area contributed by atoms with Crippen molar-refractivity contribution in [3.8, 4) is 0 Å². The third-order valence-corrected chi connectivity index (χ3v) is 4.69. The second kappa shape index (κ2) is 7.20. The lowest BCUT2D eigenvalue weighted by Crippen LogP contribution is -2.29. The van der Waals surface area contributed by atoms with Crippen LogP contribution in [0.2, 0.25) is 0 Å². The topological polar surface area (TPSA) is 40.5 Å². The number of thioether (sulfide) groups is 1. The average molecular weight is 321 g/mol. The molecule has 1 heterocycles. The number of hydrogen-bond donors (Lipinski definition) is 1. The Morgan fingerprint density at radius 3 is 2.57 bits per heavy atom. The van der Waals surface area contributed by atoms with Crippen LogP contribution in [-0.4, -0.2) is 33.4 Å². The number of aliphatic hydroxyl groups excluding tert-OH is 1. The maximum absolute atomic E-state index is 12.3. The molecule has 0 radical (unpaired) electrons. The van der Waals surface area contributed by atoms with E-state index in [2.05, 4.69) is 26.0 Å². The number of nitrogens with zero attached hydrogens (tertiary/aromatic N) is 1. The first-order chi connectivity index (χ1) is 10.0. The van der Waals surface area contributed by atoms with E-state index in [-0.39, 0.29) is 12.5 Å². The second-order valence-electron chi connectivity index (χ2n) is 5.23. The van der Waals surface area contributed by atoms with Crippen LogP contribution in [-0.2, 0) is 4.79 Å². The molecule has 0 saturated carbocycles. The van der Waals surface area contributed by atoms with Gasteiger partial charge in [0, 0.05) is 13.2 Å². The lowest BCUT2D eigenvalue weighted by atomic mass is 10.0. The molecular weight excluding hydrogens is 302 g/mol. The third kappa shape index (κ3) is 3.93. The summed E-state index contributed by atoms with van der Waals surface area (Å²) in [6.07, 6.45) is 2.42. The molecular formula is C16H19NO2S2. The lowest BCUT2D eigenvalue weighted by Gasteiger charge is -2.12. The number of rotatable bonds is 5. The summed E-state index contributed by atoms with van der Waals surface area (Å²) in [6, 6.07) is 8.22. The van der Waals surface area contributed by atoms with Gasteiger partial charge in [-0.25, -0.2) is 0 Å². The van der Waals surface area contributed by atoms with Gasteiger partial charge in [0.2, 0.25) is 0 Å². The Morgan fingerprint density at radius 1 is 1.33 bits per heavy atom. The van der Waals surface area contributed by atoms with Crippen LogP contribution >= 0.6 is 24.0 Å². The zero-order valence-electron chi connectivity index (χ0n) is 12.2. The molecule has 3 nitrogen and oxygen atoms in total. The summed E-state index contributed by atoms with van der Waals surface area (Å²) in [6.45, 7) is 4.85. The number of carbonyl (C=O) groups is 1. The molecule has 0 atom stereocenters. The van der Waals surface area contributed by atoms with Gasteiger partial charge in [0.1, 0.15) is 4.32 Å². The van der Waals surface area contributed by atoms with Gasteiger partial charge in [-0.2, -0.15) is 0 Å². The van der Waals surface area contributed by atoms with Gasteiger partial charge in [-0.05, 0) is 29.5 Å². The van der Waals surface area contributed by atoms with Gasteiger partial charge in [0.15, 0.2) is 0 Å². The minimum absolute atomic E-state index is 0.0623. The fourth-order valence-electron chi connectivity index (χ4n) is 2.05. The predicted molar refractivity (Wildman–Crippen MR) is 92.1 cm³/mol. The molecule has 1 aliphatic heterocycles. The predicted octanol–water partition coefficient (Wildman–Crippen LogP) is 3.39. The Morgan fingerprint density at radius 2 is 2.00 bits per heavy atom. The highest BCUT2D eigenvalue weighted by Gasteiger charge is 2.31. The van der Waals surface area contributed by atoms with E-state index < -0.39 is 0 Å². The fourth-order valence-corrected chi connectivity index (χ4v) is 3.36. The van der Waals surface area contributed by atoms with Crippen molar-refractivity contribution in [2.75, 3.05) is 13.2 Å². The monoisotopic (exact) mass is 321 g/mol. The molecule has 112 valence electrons. The maximum atomic E-state index is 12.3. The van der Waals surface area contributed by atoms with Crippen molar-refractivity contribution in [3.63, 3.8) is 0 Å². The van der Waals surface area contributed by atoms with E-state index in [9.17, 15) is 4.79 Å². The highest BCUT2D eigenvalue weighted by molar-refractivity contribution is 8.26. The standard InChI is InChI=1S/C16H19NO2S2/c1-11(2)13-6-4-12(5-7-13)10-14-15(19)17(8-3-9-18)16(20)21-14/h4-7,10-11,18H,3,8-9H2,1-2H3/b14-10-. The number of thiocarbonyl (C=S) groups is 1. The van der Waals surface area contributed by atoms with Crippen LogP contribution < -0.4 is 0 Å². The van der Waals surface area contributed by atoms with Crippen molar-refractivity contribution in [1.82, 2.24) is 4.90 Å². The zero-order chi connectivity index (χ0) is 15.4. The summed E-state index contributed by atoms with van der Waals surface area (Å²) in [5, 5.41) is 8.87. The molecule has 1 aromatic carbocycles. The molecule has 1 saturated heterocycles. The van der Waals surface area contributed by atoms with Crippen molar-refractivity contribution in [3.05, 3.63) is 40.3 Å². The van der Waals surface area contributed by atoms with E-state index in [0.29, 0.717) is 28.1 Å². The molecule has 1 amide bonds. The largest absolute Gasteiger partial charge is 0.396 e. The average Bonchev–Trinajstić information content (AvgIpc) is 2.72. The summed E-state index contributed by atoms with van der Waals surface area (Å²) < 4.78 is 0.568. The molecule has 1 N–H and O–H groups in total. The molecule has 0 aliphatic carbocycles. The third-order valence-electron chi connectivity index (χ3n) is 3.31. The number of hydrogen-bond acceptors (Lipinski definition) is 4. The molecule has 2 rings (SSSR count). The van der Waals surface area contributed by atoms with Gasteiger partial charge in [-0.15, -0.1) is 0 Å². The van der Waals surface area contributed by atoms with Crippen molar-refractivity contribution in [2.45, 2.75) is 26.2 Å². The Hall–Kier alpha value is -1.17. The number of carbonyl (C=O) groups excluding carboxylic acids is 1. The summed E-state index contributed by atoms with van der Waals surface area (Å²) in [4.78, 5) is 14.5. The van der Waals surface area contributed by atoms with Gasteiger partial charge in [0.25, 0.3) is 5.91 Å².